The van der Waals surface area contributed by atoms with Gasteiger partial charge in [0.25, 0.3) is 0 Å². The van der Waals surface area contributed by atoms with E-state index in [1.54, 1.807) is 11.3 Å². The molecule has 0 radical (unpaired) electrons. The minimum absolute atomic E-state index is 0.687. The van der Waals surface area contributed by atoms with Gasteiger partial charge in [0.2, 0.25) is 0 Å². The van der Waals surface area contributed by atoms with Crippen LogP contribution in [0.4, 0.5) is 5.69 Å². The van der Waals surface area contributed by atoms with Gasteiger partial charge in [0.15, 0.2) is 0 Å². The molecular formula is C15H20N2S. The minimum Gasteiger partial charge on any atom is -0.385 e. The molecular weight excluding hydrogens is 240 g/mol. The van der Waals surface area contributed by atoms with Gasteiger partial charge in [-0.3, -0.25) is 0 Å². The number of aromatic nitrogens is 1. The van der Waals surface area contributed by atoms with Crippen molar-refractivity contribution in [3.63, 3.8) is 0 Å². The van der Waals surface area contributed by atoms with Crippen LogP contribution in [0.25, 0.3) is 0 Å². The summed E-state index contributed by atoms with van der Waals surface area (Å²) in [6, 6.07) is 10.3. The molecule has 0 amide bonds. The second-order valence-corrected chi connectivity index (χ2v) is 5.82. The fourth-order valence-electron chi connectivity index (χ4n) is 1.80. The highest BCUT2D eigenvalue weighted by molar-refractivity contribution is 7.09. The van der Waals surface area contributed by atoms with Gasteiger partial charge in [-0.1, -0.05) is 32.0 Å². The van der Waals surface area contributed by atoms with Crippen molar-refractivity contribution in [1.82, 2.24) is 4.98 Å². The quantitative estimate of drug-likeness (QED) is 0.849. The fourth-order valence-corrected chi connectivity index (χ4v) is 2.84. The van der Waals surface area contributed by atoms with Crippen LogP contribution in [-0.2, 0) is 12.8 Å². The first-order chi connectivity index (χ1) is 8.74. The first-order valence-electron chi connectivity index (χ1n) is 6.46. The maximum absolute atomic E-state index is 4.66. The van der Waals surface area contributed by atoms with Crippen molar-refractivity contribution in [3.8, 4) is 0 Å². The summed E-state index contributed by atoms with van der Waals surface area (Å²) < 4.78 is 0. The molecule has 0 spiro atoms. The predicted molar refractivity (Wildman–Crippen MR) is 79.3 cm³/mol. The predicted octanol–water partition coefficient (Wildman–Crippen LogP) is 4.00. The molecule has 0 unspecified atom stereocenters. The lowest BCUT2D eigenvalue weighted by Gasteiger charge is -2.04. The summed E-state index contributed by atoms with van der Waals surface area (Å²) in [5.74, 6) is 0.687. The number of thiazole rings is 1. The molecule has 18 heavy (non-hydrogen) atoms. The highest BCUT2D eigenvalue weighted by Crippen LogP contribution is 2.14. The maximum atomic E-state index is 4.66. The van der Waals surface area contributed by atoms with E-state index in [-0.39, 0.29) is 0 Å². The molecule has 0 atom stereocenters. The summed E-state index contributed by atoms with van der Waals surface area (Å²) in [5.41, 5.74) is 2.38. The van der Waals surface area contributed by atoms with Crippen LogP contribution in [0.1, 0.15) is 24.5 Å². The van der Waals surface area contributed by atoms with E-state index in [0.29, 0.717) is 5.92 Å². The standard InChI is InChI=1S/C15H20N2S/c1-12(2)10-15-17-14(11-18-15)8-9-16-13-6-4-3-5-7-13/h3-7,11-12,16H,8-10H2,1-2H3. The van der Waals surface area contributed by atoms with Crippen LogP contribution in [0.15, 0.2) is 35.7 Å². The molecule has 0 aliphatic heterocycles. The Kier molecular flexibility index (Phi) is 4.76. The Hall–Kier alpha value is -1.35. The Morgan fingerprint density at radius 1 is 1.22 bits per heavy atom. The van der Waals surface area contributed by atoms with Crippen LogP contribution in [0.3, 0.4) is 0 Å². The summed E-state index contributed by atoms with van der Waals surface area (Å²) in [6.45, 7) is 5.41. The Labute approximate surface area is 113 Å². The molecule has 0 aliphatic rings. The monoisotopic (exact) mass is 260 g/mol. The molecule has 96 valence electrons. The Morgan fingerprint density at radius 3 is 2.72 bits per heavy atom. The van der Waals surface area contributed by atoms with Gasteiger partial charge in [-0.25, -0.2) is 4.98 Å². The van der Waals surface area contributed by atoms with E-state index in [1.165, 1.54) is 16.4 Å². The van der Waals surface area contributed by atoms with Crippen molar-refractivity contribution in [1.29, 1.82) is 0 Å². The highest BCUT2D eigenvalue weighted by atomic mass is 32.1. The molecule has 3 heteroatoms. The number of hydrogen-bond donors (Lipinski definition) is 1. The van der Waals surface area contributed by atoms with Crippen molar-refractivity contribution < 1.29 is 0 Å². The molecule has 2 aromatic rings. The zero-order valence-corrected chi connectivity index (χ0v) is 11.8. The number of rotatable bonds is 6. The number of nitrogens with one attached hydrogen (secondary N) is 1. The zero-order valence-electron chi connectivity index (χ0n) is 11.0. The fraction of sp³-hybridized carbons (Fsp3) is 0.400. The largest absolute Gasteiger partial charge is 0.385 e. The van der Waals surface area contributed by atoms with Crippen LogP contribution in [-0.4, -0.2) is 11.5 Å². The van der Waals surface area contributed by atoms with Gasteiger partial charge in [-0.15, -0.1) is 11.3 Å². The van der Waals surface area contributed by atoms with Gasteiger partial charge in [0, 0.05) is 30.5 Å². The Morgan fingerprint density at radius 2 is 2.00 bits per heavy atom. The lowest BCUT2D eigenvalue weighted by molar-refractivity contribution is 0.643. The van der Waals surface area contributed by atoms with E-state index >= 15 is 0 Å². The summed E-state index contributed by atoms with van der Waals surface area (Å²) in [7, 11) is 0. The van der Waals surface area contributed by atoms with Gasteiger partial charge in [-0.2, -0.15) is 0 Å². The average molecular weight is 260 g/mol. The first kappa shape index (κ1) is 13.1. The van der Waals surface area contributed by atoms with Gasteiger partial charge in [0.1, 0.15) is 0 Å². The van der Waals surface area contributed by atoms with Crippen LogP contribution in [0.2, 0.25) is 0 Å². The molecule has 0 saturated heterocycles. The van der Waals surface area contributed by atoms with Gasteiger partial charge < -0.3 is 5.32 Å². The third-order valence-electron chi connectivity index (χ3n) is 2.67. The van der Waals surface area contributed by atoms with E-state index in [4.69, 9.17) is 0 Å². The topological polar surface area (TPSA) is 24.9 Å². The third-order valence-corrected chi connectivity index (χ3v) is 3.59. The van der Waals surface area contributed by atoms with Crippen molar-refractivity contribution in [2.24, 2.45) is 5.92 Å². The van der Waals surface area contributed by atoms with Crippen LogP contribution in [0, 0.1) is 5.92 Å². The van der Waals surface area contributed by atoms with Crippen molar-refractivity contribution in [3.05, 3.63) is 46.4 Å². The first-order valence-corrected chi connectivity index (χ1v) is 7.34. The van der Waals surface area contributed by atoms with E-state index in [0.717, 1.165) is 19.4 Å². The summed E-state index contributed by atoms with van der Waals surface area (Å²) in [4.78, 5) is 4.66. The minimum atomic E-state index is 0.687. The number of nitrogens with zero attached hydrogens (tertiary/aromatic N) is 1. The van der Waals surface area contributed by atoms with Gasteiger partial charge >= 0.3 is 0 Å². The van der Waals surface area contributed by atoms with Crippen LogP contribution < -0.4 is 5.32 Å². The number of benzene rings is 1. The van der Waals surface area contributed by atoms with E-state index < -0.39 is 0 Å². The summed E-state index contributed by atoms with van der Waals surface area (Å²) >= 11 is 1.79. The van der Waals surface area contributed by atoms with E-state index in [1.807, 2.05) is 18.2 Å². The molecule has 0 saturated carbocycles. The van der Waals surface area contributed by atoms with Crippen molar-refractivity contribution in [2.75, 3.05) is 11.9 Å². The summed E-state index contributed by atoms with van der Waals surface area (Å²) in [5, 5.41) is 6.86. The molecule has 0 fully saturated rings. The Balaban J connectivity index is 1.78. The number of para-hydroxylation sites is 1. The highest BCUT2D eigenvalue weighted by Gasteiger charge is 2.04. The van der Waals surface area contributed by atoms with Crippen LogP contribution in [0.5, 0.6) is 0 Å². The van der Waals surface area contributed by atoms with Crippen molar-refractivity contribution >= 4 is 17.0 Å². The molecule has 1 aromatic carbocycles. The van der Waals surface area contributed by atoms with Crippen LogP contribution >= 0.6 is 11.3 Å². The number of hydrogen-bond acceptors (Lipinski definition) is 3. The molecule has 2 rings (SSSR count). The Bertz CT molecular complexity index is 462. The normalized spacial score (nSPS) is 10.8. The zero-order chi connectivity index (χ0) is 12.8. The molecule has 1 aromatic heterocycles. The average Bonchev–Trinajstić information content (AvgIpc) is 2.77. The van der Waals surface area contributed by atoms with E-state index in [2.05, 4.69) is 41.7 Å². The van der Waals surface area contributed by atoms with Crippen molar-refractivity contribution in [2.45, 2.75) is 26.7 Å². The molecule has 0 aliphatic carbocycles. The van der Waals surface area contributed by atoms with Gasteiger partial charge in [-0.05, 0) is 18.1 Å². The maximum Gasteiger partial charge on any atom is 0.0930 e. The molecule has 1 N–H and O–H groups in total. The molecule has 2 nitrogen and oxygen atoms in total. The van der Waals surface area contributed by atoms with Gasteiger partial charge in [0.05, 0.1) is 10.7 Å². The smallest absolute Gasteiger partial charge is 0.0930 e. The van der Waals surface area contributed by atoms with E-state index in [9.17, 15) is 0 Å². The molecule has 0 bridgehead atoms. The summed E-state index contributed by atoms with van der Waals surface area (Å²) in [6.07, 6.45) is 2.08. The molecule has 1 heterocycles. The lowest BCUT2D eigenvalue weighted by Crippen LogP contribution is -2.05. The lowest BCUT2D eigenvalue weighted by atomic mass is 10.1. The number of anilines is 1. The second kappa shape index (κ2) is 6.55. The third kappa shape index (κ3) is 4.15. The SMILES string of the molecule is CC(C)Cc1nc(CCNc2ccccc2)cs1. The second-order valence-electron chi connectivity index (χ2n) is 4.87.